The van der Waals surface area contributed by atoms with Gasteiger partial charge in [-0.3, -0.25) is 4.79 Å². The molecule has 1 atom stereocenters. The Labute approximate surface area is 93.3 Å². The van der Waals surface area contributed by atoms with E-state index in [-0.39, 0.29) is 5.82 Å². The molecule has 1 aromatic carbocycles. The van der Waals surface area contributed by atoms with Gasteiger partial charge in [0.1, 0.15) is 5.82 Å². The summed E-state index contributed by atoms with van der Waals surface area (Å²) >= 11 is 0. The molecule has 0 aliphatic heterocycles. The van der Waals surface area contributed by atoms with E-state index in [0.29, 0.717) is 24.3 Å². The number of halogens is 1. The molecule has 0 radical (unpaired) electrons. The van der Waals surface area contributed by atoms with Crippen molar-refractivity contribution in [3.8, 4) is 0 Å². The summed E-state index contributed by atoms with van der Waals surface area (Å²) < 4.78 is 12.9. The van der Waals surface area contributed by atoms with Crippen LogP contribution in [-0.4, -0.2) is 17.6 Å². The van der Waals surface area contributed by atoms with Crippen molar-refractivity contribution in [2.75, 3.05) is 17.6 Å². The van der Waals surface area contributed by atoms with Crippen molar-refractivity contribution >= 4 is 17.3 Å². The van der Waals surface area contributed by atoms with Crippen molar-refractivity contribution in [2.24, 2.45) is 5.92 Å². The number of benzene rings is 1. The smallest absolute Gasteiger partial charge is 0.306 e. The highest BCUT2D eigenvalue weighted by atomic mass is 19.1. The molecule has 88 valence electrons. The standard InChI is InChI=1S/C11H15FN2O2/c1-7(11(15)16)4-5-14-10-6-8(12)2-3-9(10)13/h2-3,6-7,14H,4-5,13H2,1H3,(H,15,16). The molecule has 4 N–H and O–H groups in total. The molecule has 0 spiro atoms. The Balaban J connectivity index is 2.48. The summed E-state index contributed by atoms with van der Waals surface area (Å²) in [5.41, 5.74) is 6.57. The first kappa shape index (κ1) is 12.3. The molecule has 1 rings (SSSR count). The molecule has 1 unspecified atom stereocenters. The van der Waals surface area contributed by atoms with E-state index in [1.807, 2.05) is 0 Å². The summed E-state index contributed by atoms with van der Waals surface area (Å²) in [6.07, 6.45) is 0.464. The van der Waals surface area contributed by atoms with Gasteiger partial charge in [-0.2, -0.15) is 0 Å². The minimum Gasteiger partial charge on any atom is -0.481 e. The molecule has 0 saturated carbocycles. The third kappa shape index (κ3) is 3.42. The Morgan fingerprint density at radius 2 is 2.31 bits per heavy atom. The number of hydrogen-bond acceptors (Lipinski definition) is 3. The van der Waals surface area contributed by atoms with Gasteiger partial charge in [0.2, 0.25) is 0 Å². The summed E-state index contributed by atoms with van der Waals surface area (Å²) in [5, 5.41) is 11.6. The van der Waals surface area contributed by atoms with Crippen LogP contribution in [0.15, 0.2) is 18.2 Å². The number of nitrogens with one attached hydrogen (secondary N) is 1. The van der Waals surface area contributed by atoms with E-state index in [2.05, 4.69) is 5.32 Å². The van der Waals surface area contributed by atoms with Crippen molar-refractivity contribution < 1.29 is 14.3 Å². The Morgan fingerprint density at radius 1 is 1.62 bits per heavy atom. The zero-order valence-corrected chi connectivity index (χ0v) is 9.03. The van der Waals surface area contributed by atoms with Crippen LogP contribution < -0.4 is 11.1 Å². The van der Waals surface area contributed by atoms with Crippen molar-refractivity contribution in [1.29, 1.82) is 0 Å². The normalized spacial score (nSPS) is 12.1. The SMILES string of the molecule is CC(CCNc1cc(F)ccc1N)C(=O)O. The van der Waals surface area contributed by atoms with E-state index in [9.17, 15) is 9.18 Å². The van der Waals surface area contributed by atoms with Gasteiger partial charge in [0.15, 0.2) is 0 Å². The fraction of sp³-hybridized carbons (Fsp3) is 0.364. The molecule has 0 bridgehead atoms. The third-order valence-corrected chi connectivity index (χ3v) is 2.33. The number of anilines is 2. The minimum atomic E-state index is -0.839. The van der Waals surface area contributed by atoms with E-state index in [0.717, 1.165) is 0 Å². The van der Waals surface area contributed by atoms with Crippen molar-refractivity contribution in [1.82, 2.24) is 0 Å². The van der Waals surface area contributed by atoms with Crippen molar-refractivity contribution in [3.05, 3.63) is 24.0 Å². The van der Waals surface area contributed by atoms with E-state index in [1.165, 1.54) is 18.2 Å². The first-order chi connectivity index (χ1) is 7.50. The lowest BCUT2D eigenvalue weighted by Gasteiger charge is -2.10. The Bertz CT molecular complexity index is 382. The highest BCUT2D eigenvalue weighted by Crippen LogP contribution is 2.19. The van der Waals surface area contributed by atoms with Crippen LogP contribution in [0.25, 0.3) is 0 Å². The second-order valence-corrected chi connectivity index (χ2v) is 3.69. The molecule has 5 heteroatoms. The minimum absolute atomic E-state index is 0.372. The Morgan fingerprint density at radius 3 is 2.94 bits per heavy atom. The maximum atomic E-state index is 12.9. The zero-order valence-electron chi connectivity index (χ0n) is 9.03. The molecule has 1 aromatic rings. The number of carboxylic acid groups (broad SMARTS) is 1. The predicted octanol–water partition coefficient (Wildman–Crippen LogP) is 1.93. The average Bonchev–Trinajstić information content (AvgIpc) is 2.22. The highest BCUT2D eigenvalue weighted by molar-refractivity contribution is 5.69. The van der Waals surface area contributed by atoms with Crippen molar-refractivity contribution in [2.45, 2.75) is 13.3 Å². The van der Waals surface area contributed by atoms with Gasteiger partial charge in [0.25, 0.3) is 0 Å². The Hall–Kier alpha value is -1.78. The largest absolute Gasteiger partial charge is 0.481 e. The van der Waals surface area contributed by atoms with Gasteiger partial charge in [-0.1, -0.05) is 6.92 Å². The van der Waals surface area contributed by atoms with E-state index >= 15 is 0 Å². The number of nitrogen functional groups attached to an aromatic ring is 1. The number of nitrogens with two attached hydrogens (primary N) is 1. The van der Waals surface area contributed by atoms with E-state index in [1.54, 1.807) is 6.92 Å². The number of aliphatic carboxylic acids is 1. The second-order valence-electron chi connectivity index (χ2n) is 3.69. The molecule has 0 aliphatic carbocycles. The number of carboxylic acids is 1. The lowest BCUT2D eigenvalue weighted by molar-refractivity contribution is -0.141. The molecule has 0 heterocycles. The van der Waals surface area contributed by atoms with Crippen LogP contribution in [0.2, 0.25) is 0 Å². The van der Waals surface area contributed by atoms with Gasteiger partial charge in [0, 0.05) is 6.54 Å². The number of hydrogen-bond donors (Lipinski definition) is 3. The first-order valence-corrected chi connectivity index (χ1v) is 5.02. The second kappa shape index (κ2) is 5.34. The molecular formula is C11H15FN2O2. The lowest BCUT2D eigenvalue weighted by Crippen LogP contribution is -2.15. The van der Waals surface area contributed by atoms with Gasteiger partial charge in [-0.25, -0.2) is 4.39 Å². The molecular weight excluding hydrogens is 211 g/mol. The third-order valence-electron chi connectivity index (χ3n) is 2.33. The van der Waals surface area contributed by atoms with Crippen LogP contribution in [0.3, 0.4) is 0 Å². The summed E-state index contributed by atoms with van der Waals surface area (Å²) in [6.45, 7) is 2.07. The van der Waals surface area contributed by atoms with E-state index < -0.39 is 11.9 Å². The molecule has 0 fully saturated rings. The molecule has 0 amide bonds. The van der Waals surface area contributed by atoms with Crippen LogP contribution in [0.1, 0.15) is 13.3 Å². The van der Waals surface area contributed by atoms with Gasteiger partial charge < -0.3 is 16.2 Å². The molecule has 0 aromatic heterocycles. The fourth-order valence-electron chi connectivity index (χ4n) is 1.23. The van der Waals surface area contributed by atoms with Crippen LogP contribution in [0, 0.1) is 11.7 Å². The lowest BCUT2D eigenvalue weighted by atomic mass is 10.1. The van der Waals surface area contributed by atoms with Crippen molar-refractivity contribution in [3.63, 3.8) is 0 Å². The molecule has 0 saturated heterocycles. The predicted molar refractivity (Wildman–Crippen MR) is 60.7 cm³/mol. The number of carbonyl (C=O) groups is 1. The average molecular weight is 226 g/mol. The quantitative estimate of drug-likeness (QED) is 0.670. The molecule has 16 heavy (non-hydrogen) atoms. The summed E-state index contributed by atoms with van der Waals surface area (Å²) in [4.78, 5) is 10.6. The summed E-state index contributed by atoms with van der Waals surface area (Å²) in [6, 6.07) is 4.04. The fourth-order valence-corrected chi connectivity index (χ4v) is 1.23. The van der Waals surface area contributed by atoms with Crippen LogP contribution >= 0.6 is 0 Å². The van der Waals surface area contributed by atoms with E-state index in [4.69, 9.17) is 10.8 Å². The monoisotopic (exact) mass is 226 g/mol. The van der Waals surface area contributed by atoms with Crippen LogP contribution in [0.4, 0.5) is 15.8 Å². The Kier molecular flexibility index (Phi) is 4.10. The summed E-state index contributed by atoms with van der Waals surface area (Å²) in [5.74, 6) is -1.64. The zero-order chi connectivity index (χ0) is 12.1. The topological polar surface area (TPSA) is 75.3 Å². The first-order valence-electron chi connectivity index (χ1n) is 5.02. The summed E-state index contributed by atoms with van der Waals surface area (Å²) in [7, 11) is 0. The van der Waals surface area contributed by atoms with Crippen LogP contribution in [0.5, 0.6) is 0 Å². The van der Waals surface area contributed by atoms with Gasteiger partial charge in [-0.05, 0) is 24.6 Å². The maximum Gasteiger partial charge on any atom is 0.306 e. The van der Waals surface area contributed by atoms with Gasteiger partial charge in [0.05, 0.1) is 17.3 Å². The van der Waals surface area contributed by atoms with Gasteiger partial charge >= 0.3 is 5.97 Å². The highest BCUT2D eigenvalue weighted by Gasteiger charge is 2.10. The van der Waals surface area contributed by atoms with Crippen LogP contribution in [-0.2, 0) is 4.79 Å². The molecule has 0 aliphatic rings. The number of rotatable bonds is 5. The van der Waals surface area contributed by atoms with Gasteiger partial charge in [-0.15, -0.1) is 0 Å². The maximum absolute atomic E-state index is 12.9. The molecule has 4 nitrogen and oxygen atoms in total.